The van der Waals surface area contributed by atoms with Gasteiger partial charge in [0.1, 0.15) is 12.4 Å². The lowest BCUT2D eigenvalue weighted by Gasteiger charge is -2.33. The van der Waals surface area contributed by atoms with Crippen LogP contribution in [0.15, 0.2) is 41.6 Å². The van der Waals surface area contributed by atoms with Gasteiger partial charge in [0.05, 0.1) is 18.7 Å². The van der Waals surface area contributed by atoms with Gasteiger partial charge in [0.15, 0.2) is 14.2 Å². The van der Waals surface area contributed by atoms with E-state index in [-0.39, 0.29) is 17.9 Å². The van der Waals surface area contributed by atoms with E-state index >= 15 is 0 Å². The van der Waals surface area contributed by atoms with Crippen molar-refractivity contribution in [2.75, 3.05) is 31.3 Å². The minimum absolute atomic E-state index is 0.195. The number of ether oxygens (including phenoxy) is 1. The van der Waals surface area contributed by atoms with Gasteiger partial charge in [-0.25, -0.2) is 4.68 Å². The molecule has 33 heavy (non-hydrogen) atoms. The van der Waals surface area contributed by atoms with Gasteiger partial charge in [-0.3, -0.25) is 14.6 Å². The van der Waals surface area contributed by atoms with Crippen LogP contribution in [0, 0.1) is 5.92 Å². The first kappa shape index (κ1) is 23.2. The number of pyridine rings is 2. The Balaban J connectivity index is 1.64. The summed E-state index contributed by atoms with van der Waals surface area (Å²) in [5.41, 5.74) is 0.0269. The Morgan fingerprint density at radius 2 is 2.06 bits per heavy atom. The van der Waals surface area contributed by atoms with Crippen molar-refractivity contribution in [3.8, 4) is 5.88 Å². The minimum Gasteiger partial charge on any atom is -0.481 e. The number of anilines is 1. The third-order valence-electron chi connectivity index (χ3n) is 5.93. The smallest absolute Gasteiger partial charge is 0.278 e. The first-order valence-electron chi connectivity index (χ1n) is 10.7. The molecule has 1 fully saturated rings. The van der Waals surface area contributed by atoms with Crippen LogP contribution in [0.1, 0.15) is 29.6 Å². The van der Waals surface area contributed by atoms with Gasteiger partial charge in [-0.15, -0.1) is 0 Å². The molecular weight excluding hydrogens is 445 g/mol. The number of carbonyl (C=O) groups excluding carboxylic acids is 1. The van der Waals surface area contributed by atoms with Crippen molar-refractivity contribution in [3.05, 3.63) is 52.7 Å². The second-order valence-corrected chi connectivity index (χ2v) is 9.23. The molecule has 10 nitrogen and oxygen atoms in total. The van der Waals surface area contributed by atoms with Crippen LogP contribution in [0.2, 0.25) is 0 Å². The largest absolute Gasteiger partial charge is 0.481 e. The number of rotatable bonds is 8. The maximum atomic E-state index is 13.4. The van der Waals surface area contributed by atoms with Crippen LogP contribution < -0.4 is 15.2 Å². The Morgan fingerprint density at radius 3 is 2.73 bits per heavy atom. The van der Waals surface area contributed by atoms with Crippen molar-refractivity contribution in [3.63, 3.8) is 0 Å². The topological polar surface area (TPSA) is 131 Å². The summed E-state index contributed by atoms with van der Waals surface area (Å²) in [6.07, 6.45) is 7.52. The summed E-state index contributed by atoms with van der Waals surface area (Å²) in [7, 11) is -0.347. The highest BCUT2D eigenvalue weighted by molar-refractivity contribution is 7.45. The van der Waals surface area contributed by atoms with Crippen molar-refractivity contribution in [2.45, 2.75) is 25.8 Å². The second-order valence-electron chi connectivity index (χ2n) is 8.04. The van der Waals surface area contributed by atoms with Gasteiger partial charge >= 0.3 is 0 Å². The van der Waals surface area contributed by atoms with E-state index in [1.807, 2.05) is 0 Å². The van der Waals surface area contributed by atoms with Crippen LogP contribution in [0.4, 0.5) is 5.82 Å². The average molecular weight is 471 g/mol. The molecule has 1 saturated heterocycles. The van der Waals surface area contributed by atoms with Crippen LogP contribution in [0.3, 0.4) is 0 Å². The van der Waals surface area contributed by atoms with Gasteiger partial charge in [-0.1, -0.05) is 0 Å². The standard InChI is InChI=1S/C22H26N5O5P/c1-32-19-11-17-13-24-27(14-18(28)16-3-2-7-23-12-16)22(29)20(17)21(25-19)26-8-4-15(5-9-26)6-10-33(30)31/h2-3,7,11-13,15,30-31H,4-6,8-10,14H2,1H3. The zero-order valence-electron chi connectivity index (χ0n) is 18.3. The van der Waals surface area contributed by atoms with Gasteiger partial charge in [-0.05, 0) is 37.3 Å². The minimum atomic E-state index is -1.87. The Labute approximate surface area is 191 Å². The third-order valence-corrected chi connectivity index (χ3v) is 6.59. The Bertz CT molecular complexity index is 1180. The maximum absolute atomic E-state index is 13.4. The molecule has 3 aromatic heterocycles. The molecule has 0 amide bonds. The molecule has 3 aromatic rings. The monoisotopic (exact) mass is 471 g/mol. The number of carbonyl (C=O) groups is 1. The summed E-state index contributed by atoms with van der Waals surface area (Å²) in [5, 5.41) is 5.20. The lowest BCUT2D eigenvalue weighted by Crippen LogP contribution is -2.36. The summed E-state index contributed by atoms with van der Waals surface area (Å²) >= 11 is 0. The first-order chi connectivity index (χ1) is 16.0. The van der Waals surface area contributed by atoms with E-state index in [2.05, 4.69) is 20.0 Å². The van der Waals surface area contributed by atoms with Crippen molar-refractivity contribution >= 4 is 30.7 Å². The molecule has 0 aliphatic carbocycles. The molecule has 1 aliphatic heterocycles. The number of methoxy groups -OCH3 is 1. The van der Waals surface area contributed by atoms with Crippen LogP contribution in [-0.2, 0) is 6.54 Å². The fraction of sp³-hybridized carbons (Fsp3) is 0.409. The molecular formula is C22H26N5O5P. The van der Waals surface area contributed by atoms with Crippen LogP contribution >= 0.6 is 8.38 Å². The van der Waals surface area contributed by atoms with Crippen molar-refractivity contribution in [1.29, 1.82) is 0 Å². The molecule has 174 valence electrons. The zero-order valence-corrected chi connectivity index (χ0v) is 19.2. The molecule has 4 heterocycles. The molecule has 0 aromatic carbocycles. The van der Waals surface area contributed by atoms with Crippen molar-refractivity contribution in [1.82, 2.24) is 19.7 Å². The molecule has 0 spiro atoms. The van der Waals surface area contributed by atoms with Crippen LogP contribution in [0.5, 0.6) is 5.88 Å². The number of hydrogen-bond acceptors (Lipinski definition) is 9. The first-order valence-corrected chi connectivity index (χ1v) is 12.2. The second kappa shape index (κ2) is 10.3. The third kappa shape index (κ3) is 5.35. The van der Waals surface area contributed by atoms with Crippen LogP contribution in [0.25, 0.3) is 10.8 Å². The average Bonchev–Trinajstić information content (AvgIpc) is 2.84. The van der Waals surface area contributed by atoms with Gasteiger partial charge in [-0.2, -0.15) is 10.1 Å². The molecule has 0 bridgehead atoms. The van der Waals surface area contributed by atoms with E-state index in [0.717, 1.165) is 23.9 Å². The van der Waals surface area contributed by atoms with Gasteiger partial charge in [0, 0.05) is 48.7 Å². The highest BCUT2D eigenvalue weighted by Crippen LogP contribution is 2.33. The van der Waals surface area contributed by atoms with Crippen LogP contribution in [-0.4, -0.2) is 61.7 Å². The Morgan fingerprint density at radius 1 is 1.27 bits per heavy atom. The molecule has 11 heteroatoms. The number of ketones is 1. The van der Waals surface area contributed by atoms with Gasteiger partial charge < -0.3 is 19.4 Å². The Hall–Kier alpha value is -2.94. The zero-order chi connectivity index (χ0) is 23.4. The van der Waals surface area contributed by atoms with Crippen molar-refractivity contribution < 1.29 is 19.3 Å². The summed E-state index contributed by atoms with van der Waals surface area (Å²) in [5.74, 6) is 1.05. The lowest BCUT2D eigenvalue weighted by atomic mass is 9.94. The van der Waals surface area contributed by atoms with E-state index in [4.69, 9.17) is 4.74 Å². The maximum Gasteiger partial charge on any atom is 0.278 e. The number of nitrogens with zero attached hydrogens (tertiary/aromatic N) is 5. The summed E-state index contributed by atoms with van der Waals surface area (Å²) in [6, 6.07) is 4.99. The SMILES string of the molecule is COc1cc2cnn(CC(=O)c3cccnc3)c(=O)c2c(N2CCC(CCP(O)O)CC2)n1. The number of piperidine rings is 1. The molecule has 0 atom stereocenters. The molecule has 0 radical (unpaired) electrons. The fourth-order valence-electron chi connectivity index (χ4n) is 4.09. The van der Waals surface area contributed by atoms with E-state index in [0.29, 0.717) is 53.2 Å². The summed E-state index contributed by atoms with van der Waals surface area (Å²) < 4.78 is 6.50. The summed E-state index contributed by atoms with van der Waals surface area (Å²) in [6.45, 7) is 1.18. The number of aromatic nitrogens is 4. The molecule has 2 N–H and O–H groups in total. The number of hydrogen-bond donors (Lipinski definition) is 2. The predicted octanol–water partition coefficient (Wildman–Crippen LogP) is 1.98. The normalized spacial score (nSPS) is 14.7. The lowest BCUT2D eigenvalue weighted by molar-refractivity contribution is 0.0965. The molecule has 0 saturated carbocycles. The van der Waals surface area contributed by atoms with E-state index in [1.54, 1.807) is 30.6 Å². The fourth-order valence-corrected chi connectivity index (χ4v) is 4.69. The van der Waals surface area contributed by atoms with E-state index in [9.17, 15) is 19.4 Å². The summed E-state index contributed by atoms with van der Waals surface area (Å²) in [4.78, 5) is 55.0. The molecule has 0 unspecified atom stereocenters. The van der Waals surface area contributed by atoms with Gasteiger partial charge in [0.2, 0.25) is 5.88 Å². The highest BCUT2D eigenvalue weighted by atomic mass is 31.2. The van der Waals surface area contributed by atoms with Crippen molar-refractivity contribution in [2.24, 2.45) is 5.92 Å². The predicted molar refractivity (Wildman–Crippen MR) is 125 cm³/mol. The van der Waals surface area contributed by atoms with E-state index in [1.165, 1.54) is 13.3 Å². The Kier molecular flexibility index (Phi) is 7.27. The molecule has 4 rings (SSSR count). The highest BCUT2D eigenvalue weighted by Gasteiger charge is 2.25. The van der Waals surface area contributed by atoms with E-state index < -0.39 is 8.38 Å². The molecule has 1 aliphatic rings. The van der Waals surface area contributed by atoms with Gasteiger partial charge in [0.25, 0.3) is 5.56 Å². The number of Topliss-reactive ketones (excluding diaryl/α,β-unsaturated/α-hetero) is 1. The quantitative estimate of drug-likeness (QED) is 0.374. The number of fused-ring (bicyclic) bond motifs is 1.